The topological polar surface area (TPSA) is 26.3 Å². The van der Waals surface area contributed by atoms with Gasteiger partial charge in [-0.05, 0) is 33.6 Å². The number of hydrogen-bond donors (Lipinski definition) is 0. The lowest BCUT2D eigenvalue weighted by molar-refractivity contribution is 0.0600. The summed E-state index contributed by atoms with van der Waals surface area (Å²) < 4.78 is 17.8. The molecule has 0 spiro atoms. The Morgan fingerprint density at radius 2 is 2.29 bits per heavy atom. The molecule has 0 bridgehead atoms. The summed E-state index contributed by atoms with van der Waals surface area (Å²) in [7, 11) is 1.27. The molecule has 0 amide bonds. The average molecular weight is 259 g/mol. The molecule has 0 atom stereocenters. The van der Waals surface area contributed by atoms with Crippen molar-refractivity contribution in [2.45, 2.75) is 0 Å². The van der Waals surface area contributed by atoms with Gasteiger partial charge in [-0.15, -0.1) is 0 Å². The quantitative estimate of drug-likeness (QED) is 0.763. The van der Waals surface area contributed by atoms with E-state index < -0.39 is 11.8 Å². The molecule has 4 heteroatoms. The fourth-order valence-electron chi connectivity index (χ4n) is 1.02. The highest BCUT2D eigenvalue weighted by Crippen LogP contribution is 2.22. The molecule has 0 radical (unpaired) electrons. The van der Waals surface area contributed by atoms with E-state index in [1.807, 2.05) is 0 Å². The monoisotopic (exact) mass is 258 g/mol. The molecule has 0 aliphatic rings. The van der Waals surface area contributed by atoms with Gasteiger partial charge >= 0.3 is 5.97 Å². The van der Waals surface area contributed by atoms with Crippen molar-refractivity contribution in [3.8, 4) is 0 Å². The Kier molecular flexibility index (Phi) is 3.41. The zero-order valence-corrected chi connectivity index (χ0v) is 9.10. The first-order valence-electron chi connectivity index (χ1n) is 3.80. The molecule has 1 aromatic rings. The van der Waals surface area contributed by atoms with Crippen LogP contribution in [-0.4, -0.2) is 13.1 Å². The van der Waals surface area contributed by atoms with Gasteiger partial charge in [-0.25, -0.2) is 9.18 Å². The standard InChI is InChI=1S/C10H8BrFO2/c1-3-6-4-9(12)8(11)5-7(6)10(13)14-2/h3-5H,1H2,2H3. The van der Waals surface area contributed by atoms with Crippen LogP contribution in [0.2, 0.25) is 0 Å². The van der Waals surface area contributed by atoms with Crippen LogP contribution in [0.3, 0.4) is 0 Å². The maximum Gasteiger partial charge on any atom is 0.338 e. The highest BCUT2D eigenvalue weighted by Gasteiger charge is 2.13. The molecule has 0 saturated carbocycles. The third-order valence-corrected chi connectivity index (χ3v) is 2.33. The minimum atomic E-state index is -0.513. The van der Waals surface area contributed by atoms with Gasteiger partial charge in [0.1, 0.15) is 5.82 Å². The second kappa shape index (κ2) is 4.37. The van der Waals surface area contributed by atoms with E-state index in [-0.39, 0.29) is 10.0 Å². The van der Waals surface area contributed by atoms with Gasteiger partial charge in [0.2, 0.25) is 0 Å². The van der Waals surface area contributed by atoms with Gasteiger partial charge in [-0.1, -0.05) is 12.7 Å². The lowest BCUT2D eigenvalue weighted by Gasteiger charge is -2.05. The zero-order chi connectivity index (χ0) is 10.7. The second-order valence-corrected chi connectivity index (χ2v) is 3.40. The first-order chi connectivity index (χ1) is 6.60. The van der Waals surface area contributed by atoms with E-state index in [1.165, 1.54) is 25.3 Å². The van der Waals surface area contributed by atoms with Crippen LogP contribution < -0.4 is 0 Å². The van der Waals surface area contributed by atoms with Crippen LogP contribution in [0.1, 0.15) is 15.9 Å². The number of esters is 1. The van der Waals surface area contributed by atoms with E-state index >= 15 is 0 Å². The number of hydrogen-bond acceptors (Lipinski definition) is 2. The SMILES string of the molecule is C=Cc1cc(F)c(Br)cc1C(=O)OC. The van der Waals surface area contributed by atoms with Crippen LogP contribution in [-0.2, 0) is 4.74 Å². The Bertz CT molecular complexity index is 388. The molecular formula is C10H8BrFO2. The summed E-state index contributed by atoms with van der Waals surface area (Å²) in [6, 6.07) is 2.60. The van der Waals surface area contributed by atoms with Crippen molar-refractivity contribution in [3.63, 3.8) is 0 Å². The number of carbonyl (C=O) groups excluding carboxylic acids is 1. The summed E-state index contributed by atoms with van der Waals surface area (Å²) in [5.74, 6) is -0.951. The zero-order valence-electron chi connectivity index (χ0n) is 7.51. The van der Waals surface area contributed by atoms with Gasteiger partial charge < -0.3 is 4.74 Å². The third-order valence-electron chi connectivity index (χ3n) is 1.72. The van der Waals surface area contributed by atoms with Crippen molar-refractivity contribution in [2.75, 3.05) is 7.11 Å². The highest BCUT2D eigenvalue weighted by atomic mass is 79.9. The molecule has 0 aromatic heterocycles. The number of ether oxygens (including phenoxy) is 1. The van der Waals surface area contributed by atoms with Gasteiger partial charge in [-0.2, -0.15) is 0 Å². The number of benzene rings is 1. The smallest absolute Gasteiger partial charge is 0.338 e. The van der Waals surface area contributed by atoms with Crippen LogP contribution >= 0.6 is 15.9 Å². The lowest BCUT2D eigenvalue weighted by Crippen LogP contribution is -2.04. The van der Waals surface area contributed by atoms with Crippen molar-refractivity contribution >= 4 is 28.0 Å². The summed E-state index contributed by atoms with van der Waals surface area (Å²) in [6.45, 7) is 3.49. The van der Waals surface area contributed by atoms with E-state index in [1.54, 1.807) is 0 Å². The number of carbonyl (C=O) groups is 1. The minimum absolute atomic E-state index is 0.225. The molecule has 0 N–H and O–H groups in total. The number of rotatable bonds is 2. The van der Waals surface area contributed by atoms with Gasteiger partial charge in [0.25, 0.3) is 0 Å². The molecule has 0 fully saturated rings. The number of methoxy groups -OCH3 is 1. The fourth-order valence-corrected chi connectivity index (χ4v) is 1.36. The first kappa shape index (κ1) is 10.9. The van der Waals surface area contributed by atoms with Crippen LogP contribution in [0, 0.1) is 5.82 Å². The summed E-state index contributed by atoms with van der Waals surface area (Å²) in [6.07, 6.45) is 1.40. The molecule has 1 rings (SSSR count). The van der Waals surface area contributed by atoms with E-state index in [0.29, 0.717) is 5.56 Å². The molecule has 0 unspecified atom stereocenters. The maximum atomic E-state index is 13.1. The van der Waals surface area contributed by atoms with Crippen molar-refractivity contribution in [2.24, 2.45) is 0 Å². The summed E-state index contributed by atoms with van der Waals surface area (Å²) in [4.78, 5) is 11.2. The van der Waals surface area contributed by atoms with Crippen LogP contribution in [0.25, 0.3) is 6.08 Å². The van der Waals surface area contributed by atoms with E-state index in [0.717, 1.165) is 0 Å². The molecule has 74 valence electrons. The molecule has 0 aliphatic carbocycles. The molecule has 0 heterocycles. The Hall–Kier alpha value is -1.16. The first-order valence-corrected chi connectivity index (χ1v) is 4.59. The van der Waals surface area contributed by atoms with Crippen LogP contribution in [0.5, 0.6) is 0 Å². The Morgan fingerprint density at radius 3 is 2.79 bits per heavy atom. The molecule has 1 aromatic carbocycles. The Balaban J connectivity index is 3.34. The van der Waals surface area contributed by atoms with Gasteiger partial charge in [0.05, 0.1) is 17.1 Å². The largest absolute Gasteiger partial charge is 0.465 e. The Morgan fingerprint density at radius 1 is 1.64 bits per heavy atom. The lowest BCUT2D eigenvalue weighted by atomic mass is 10.1. The minimum Gasteiger partial charge on any atom is -0.465 e. The van der Waals surface area contributed by atoms with E-state index in [2.05, 4.69) is 27.2 Å². The summed E-state index contributed by atoms with van der Waals surface area (Å²) in [5.41, 5.74) is 0.702. The van der Waals surface area contributed by atoms with Crippen molar-refractivity contribution in [1.29, 1.82) is 0 Å². The maximum absolute atomic E-state index is 13.1. The summed E-state index contributed by atoms with van der Waals surface area (Å²) >= 11 is 2.99. The predicted molar refractivity (Wildman–Crippen MR) is 55.5 cm³/mol. The van der Waals surface area contributed by atoms with Gasteiger partial charge in [0.15, 0.2) is 0 Å². The van der Waals surface area contributed by atoms with Gasteiger partial charge in [-0.3, -0.25) is 0 Å². The molecule has 0 aliphatic heterocycles. The second-order valence-electron chi connectivity index (χ2n) is 2.55. The van der Waals surface area contributed by atoms with Crippen LogP contribution in [0.15, 0.2) is 23.2 Å². The fraction of sp³-hybridized carbons (Fsp3) is 0.100. The average Bonchev–Trinajstić information content (AvgIpc) is 2.20. The molecule has 0 saturated heterocycles. The molecule has 14 heavy (non-hydrogen) atoms. The van der Waals surface area contributed by atoms with E-state index in [9.17, 15) is 9.18 Å². The normalized spacial score (nSPS) is 9.64. The Labute approximate surface area is 89.5 Å². The predicted octanol–water partition coefficient (Wildman–Crippen LogP) is 3.02. The molecular weight excluding hydrogens is 251 g/mol. The van der Waals surface area contributed by atoms with Crippen LogP contribution in [0.4, 0.5) is 4.39 Å². The van der Waals surface area contributed by atoms with E-state index in [4.69, 9.17) is 0 Å². The van der Waals surface area contributed by atoms with Crippen molar-refractivity contribution < 1.29 is 13.9 Å². The van der Waals surface area contributed by atoms with Crippen molar-refractivity contribution in [1.82, 2.24) is 0 Å². The van der Waals surface area contributed by atoms with Crippen molar-refractivity contribution in [3.05, 3.63) is 40.1 Å². The summed E-state index contributed by atoms with van der Waals surface area (Å²) in [5, 5.41) is 0. The van der Waals surface area contributed by atoms with Gasteiger partial charge in [0, 0.05) is 0 Å². The molecule has 2 nitrogen and oxygen atoms in total. The third kappa shape index (κ3) is 2.01. The highest BCUT2D eigenvalue weighted by molar-refractivity contribution is 9.10. The number of halogens is 2.